The molecule has 2 heterocycles. The molecule has 7 nitrogen and oxygen atoms in total. The van der Waals surface area contributed by atoms with Crippen LogP contribution in [0.25, 0.3) is 0 Å². The lowest BCUT2D eigenvalue weighted by atomic mass is 10.2. The van der Waals surface area contributed by atoms with Gasteiger partial charge in [0, 0.05) is 45.3 Å². The van der Waals surface area contributed by atoms with Gasteiger partial charge in [0.05, 0.1) is 18.8 Å². The first kappa shape index (κ1) is 19.2. The molecule has 1 aromatic heterocycles. The average Bonchev–Trinajstić information content (AvgIpc) is 3.19. The third-order valence-electron chi connectivity index (χ3n) is 4.50. The Bertz CT molecular complexity index is 709. The number of rotatable bonds is 7. The van der Waals surface area contributed by atoms with Crippen LogP contribution in [0.3, 0.4) is 0 Å². The average molecular weight is 371 g/mol. The molecule has 0 bridgehead atoms. The monoisotopic (exact) mass is 371 g/mol. The Hall–Kier alpha value is -2.54. The number of hydrogen-bond donors (Lipinski definition) is 1. The highest BCUT2D eigenvalue weighted by molar-refractivity contribution is 5.80. The molecule has 0 amide bonds. The molecule has 1 aliphatic heterocycles. The number of ether oxygens (including phenoxy) is 1. The molecule has 3 rings (SSSR count). The summed E-state index contributed by atoms with van der Waals surface area (Å²) in [4.78, 5) is 9.56. The van der Waals surface area contributed by atoms with Crippen molar-refractivity contribution in [3.8, 4) is 5.75 Å². The number of hydrogen-bond acceptors (Lipinski definition) is 5. The maximum Gasteiger partial charge on any atom is 0.194 e. The minimum absolute atomic E-state index is 0.641. The number of aliphatic imine (C=N–C) groups is 1. The zero-order valence-electron chi connectivity index (χ0n) is 16.2. The summed E-state index contributed by atoms with van der Waals surface area (Å²) in [6, 6.07) is 10.1. The summed E-state index contributed by atoms with van der Waals surface area (Å²) in [5.74, 6) is 1.87. The molecule has 2 aromatic rings. The second-order valence-electron chi connectivity index (χ2n) is 6.50. The Kier molecular flexibility index (Phi) is 7.10. The SMILES string of the molecule is CCNC(=NCc1cccc(OCC)c1)N1CCN(Cc2ccon2)CC1. The summed E-state index contributed by atoms with van der Waals surface area (Å²) in [5, 5.41) is 7.42. The van der Waals surface area contributed by atoms with E-state index in [0.717, 1.165) is 62.2 Å². The van der Waals surface area contributed by atoms with Gasteiger partial charge in [-0.2, -0.15) is 0 Å². The molecule has 1 N–H and O–H groups in total. The van der Waals surface area contributed by atoms with Crippen LogP contribution in [0.15, 0.2) is 46.1 Å². The minimum Gasteiger partial charge on any atom is -0.494 e. The van der Waals surface area contributed by atoms with Crippen LogP contribution in [0.4, 0.5) is 0 Å². The minimum atomic E-state index is 0.641. The van der Waals surface area contributed by atoms with Gasteiger partial charge in [-0.05, 0) is 31.5 Å². The summed E-state index contributed by atoms with van der Waals surface area (Å²) in [5.41, 5.74) is 2.14. The van der Waals surface area contributed by atoms with Gasteiger partial charge >= 0.3 is 0 Å². The second-order valence-corrected chi connectivity index (χ2v) is 6.50. The van der Waals surface area contributed by atoms with Crippen molar-refractivity contribution in [2.75, 3.05) is 39.3 Å². The quantitative estimate of drug-likeness (QED) is 0.595. The summed E-state index contributed by atoms with van der Waals surface area (Å²) < 4.78 is 10.5. The van der Waals surface area contributed by atoms with Gasteiger partial charge in [0.1, 0.15) is 12.0 Å². The molecule has 1 aliphatic rings. The molecule has 1 saturated heterocycles. The van der Waals surface area contributed by atoms with Crippen molar-refractivity contribution >= 4 is 5.96 Å². The standard InChI is InChI=1S/C20H29N5O2/c1-3-21-20(22-15-17-6-5-7-19(14-17)26-4-2)25-11-9-24(10-12-25)16-18-8-13-27-23-18/h5-8,13-14H,3-4,9-12,15-16H2,1-2H3,(H,21,22). The second kappa shape index (κ2) is 9.97. The summed E-state index contributed by atoms with van der Waals surface area (Å²) >= 11 is 0. The van der Waals surface area contributed by atoms with E-state index < -0.39 is 0 Å². The highest BCUT2D eigenvalue weighted by Gasteiger charge is 2.20. The normalized spacial score (nSPS) is 15.8. The van der Waals surface area contributed by atoms with Crippen LogP contribution in [-0.2, 0) is 13.1 Å². The van der Waals surface area contributed by atoms with Gasteiger partial charge in [-0.1, -0.05) is 17.3 Å². The Morgan fingerprint density at radius 2 is 2.07 bits per heavy atom. The fourth-order valence-corrected chi connectivity index (χ4v) is 3.16. The van der Waals surface area contributed by atoms with Crippen molar-refractivity contribution < 1.29 is 9.26 Å². The van der Waals surface area contributed by atoms with Gasteiger partial charge in [0.25, 0.3) is 0 Å². The van der Waals surface area contributed by atoms with Crippen molar-refractivity contribution in [3.63, 3.8) is 0 Å². The molecule has 0 radical (unpaired) electrons. The first-order valence-corrected chi connectivity index (χ1v) is 9.65. The van der Waals surface area contributed by atoms with Crippen LogP contribution in [0, 0.1) is 0 Å². The van der Waals surface area contributed by atoms with Gasteiger partial charge in [0.15, 0.2) is 5.96 Å². The summed E-state index contributed by atoms with van der Waals surface area (Å²) in [7, 11) is 0. The molecule has 0 saturated carbocycles. The maximum atomic E-state index is 5.58. The van der Waals surface area contributed by atoms with Crippen molar-refractivity contribution in [1.82, 2.24) is 20.3 Å². The third kappa shape index (κ3) is 5.72. The van der Waals surface area contributed by atoms with Crippen LogP contribution in [0.5, 0.6) is 5.75 Å². The van der Waals surface area contributed by atoms with Gasteiger partial charge in [0.2, 0.25) is 0 Å². The van der Waals surface area contributed by atoms with E-state index in [1.165, 1.54) is 0 Å². The highest BCUT2D eigenvalue weighted by atomic mass is 16.5. The van der Waals surface area contributed by atoms with Crippen molar-refractivity contribution in [2.24, 2.45) is 4.99 Å². The number of nitrogens with one attached hydrogen (secondary N) is 1. The van der Waals surface area contributed by atoms with Crippen LogP contribution in [0.1, 0.15) is 25.1 Å². The Balaban J connectivity index is 1.57. The lowest BCUT2D eigenvalue weighted by Gasteiger charge is -2.36. The third-order valence-corrected chi connectivity index (χ3v) is 4.50. The highest BCUT2D eigenvalue weighted by Crippen LogP contribution is 2.14. The molecule has 0 unspecified atom stereocenters. The lowest BCUT2D eigenvalue weighted by molar-refractivity contribution is 0.169. The van der Waals surface area contributed by atoms with Gasteiger partial charge < -0.3 is 19.5 Å². The van der Waals surface area contributed by atoms with Crippen LogP contribution in [0.2, 0.25) is 0 Å². The van der Waals surface area contributed by atoms with Crippen molar-refractivity contribution in [3.05, 3.63) is 47.9 Å². The summed E-state index contributed by atoms with van der Waals surface area (Å²) in [6.07, 6.45) is 1.63. The van der Waals surface area contributed by atoms with Crippen LogP contribution in [-0.4, -0.2) is 60.2 Å². The topological polar surface area (TPSA) is 66.1 Å². The number of benzene rings is 1. The molecule has 1 fully saturated rings. The smallest absolute Gasteiger partial charge is 0.194 e. The Morgan fingerprint density at radius 1 is 1.22 bits per heavy atom. The number of piperazine rings is 1. The lowest BCUT2D eigenvalue weighted by Crippen LogP contribution is -2.52. The number of nitrogens with zero attached hydrogens (tertiary/aromatic N) is 4. The zero-order valence-corrected chi connectivity index (χ0v) is 16.2. The molecule has 0 atom stereocenters. The molecule has 1 aromatic carbocycles. The Morgan fingerprint density at radius 3 is 2.78 bits per heavy atom. The van der Waals surface area contributed by atoms with E-state index in [1.807, 2.05) is 25.1 Å². The van der Waals surface area contributed by atoms with E-state index in [4.69, 9.17) is 14.3 Å². The molecular weight excluding hydrogens is 342 g/mol. The van der Waals surface area contributed by atoms with E-state index in [1.54, 1.807) is 6.26 Å². The predicted molar refractivity (Wildman–Crippen MR) is 106 cm³/mol. The van der Waals surface area contributed by atoms with E-state index in [0.29, 0.717) is 13.2 Å². The first-order valence-electron chi connectivity index (χ1n) is 9.65. The molecule has 146 valence electrons. The van der Waals surface area contributed by atoms with Gasteiger partial charge in [-0.25, -0.2) is 4.99 Å². The van der Waals surface area contributed by atoms with Crippen molar-refractivity contribution in [1.29, 1.82) is 0 Å². The molecule has 7 heteroatoms. The fourth-order valence-electron chi connectivity index (χ4n) is 3.16. The maximum absolute atomic E-state index is 5.58. The van der Waals surface area contributed by atoms with Gasteiger partial charge in [-0.3, -0.25) is 4.90 Å². The summed E-state index contributed by atoms with van der Waals surface area (Å²) in [6.45, 7) is 11.0. The molecule has 27 heavy (non-hydrogen) atoms. The van der Waals surface area contributed by atoms with Gasteiger partial charge in [-0.15, -0.1) is 0 Å². The van der Waals surface area contributed by atoms with E-state index in [-0.39, 0.29) is 0 Å². The molecule has 0 aliphatic carbocycles. The Labute approximate surface area is 161 Å². The number of guanidine groups is 1. The van der Waals surface area contributed by atoms with E-state index in [2.05, 4.69) is 39.3 Å². The van der Waals surface area contributed by atoms with Crippen molar-refractivity contribution in [2.45, 2.75) is 26.9 Å². The first-order chi connectivity index (χ1) is 13.3. The van der Waals surface area contributed by atoms with E-state index in [9.17, 15) is 0 Å². The van der Waals surface area contributed by atoms with Crippen LogP contribution >= 0.6 is 0 Å². The largest absolute Gasteiger partial charge is 0.494 e. The predicted octanol–water partition coefficient (Wildman–Crippen LogP) is 2.36. The molecular formula is C20H29N5O2. The fraction of sp³-hybridized carbons (Fsp3) is 0.500. The molecule has 0 spiro atoms. The van der Waals surface area contributed by atoms with Crippen LogP contribution < -0.4 is 10.1 Å². The zero-order chi connectivity index (χ0) is 18.9. The van der Waals surface area contributed by atoms with E-state index >= 15 is 0 Å². The number of aromatic nitrogens is 1.